The number of fused-ring (bicyclic) bond motifs is 1. The first kappa shape index (κ1) is 7.61. The lowest BCUT2D eigenvalue weighted by molar-refractivity contribution is 0.480. The van der Waals surface area contributed by atoms with E-state index in [1.807, 2.05) is 0 Å². The number of hydrogen-bond donors (Lipinski definition) is 0. The Balaban J connectivity index is 1.82. The molecule has 0 saturated heterocycles. The number of benzene rings is 1. The first-order valence-corrected chi connectivity index (χ1v) is 5.52. The Bertz CT molecular complexity index is 276. The van der Waals surface area contributed by atoms with Crippen LogP contribution in [-0.4, -0.2) is 0 Å². The second-order valence-electron chi connectivity index (χ2n) is 4.55. The van der Waals surface area contributed by atoms with Crippen LogP contribution in [-0.2, 0) is 0 Å². The fourth-order valence-corrected chi connectivity index (χ4v) is 3.16. The molecular formula is C13H16. The molecule has 0 heterocycles. The second-order valence-corrected chi connectivity index (χ2v) is 4.55. The SMILES string of the molecule is c1ccc(C2C3CCCCC32)cc1. The lowest BCUT2D eigenvalue weighted by atomic mass is 10.0. The molecule has 0 radical (unpaired) electrons. The maximum Gasteiger partial charge on any atom is -0.00995 e. The molecule has 0 N–H and O–H groups in total. The predicted octanol–water partition coefficient (Wildman–Crippen LogP) is 3.59. The van der Waals surface area contributed by atoms with Crippen LogP contribution in [0.5, 0.6) is 0 Å². The highest BCUT2D eigenvalue weighted by Gasteiger charge is 2.50. The number of rotatable bonds is 1. The van der Waals surface area contributed by atoms with Gasteiger partial charge in [0, 0.05) is 0 Å². The predicted molar refractivity (Wildman–Crippen MR) is 54.6 cm³/mol. The topological polar surface area (TPSA) is 0 Å². The van der Waals surface area contributed by atoms with Crippen molar-refractivity contribution in [1.82, 2.24) is 0 Å². The molecule has 2 aliphatic rings. The quantitative estimate of drug-likeness (QED) is 0.607. The molecule has 2 atom stereocenters. The minimum absolute atomic E-state index is 0.934. The van der Waals surface area contributed by atoms with Gasteiger partial charge in [0.1, 0.15) is 0 Å². The van der Waals surface area contributed by atoms with Crippen LogP contribution in [0, 0.1) is 11.8 Å². The third kappa shape index (κ3) is 1.20. The fraction of sp³-hybridized carbons (Fsp3) is 0.538. The molecule has 2 aliphatic carbocycles. The molecule has 0 heteroatoms. The first-order chi connectivity index (χ1) is 6.47. The minimum Gasteiger partial charge on any atom is -0.0622 e. The van der Waals surface area contributed by atoms with Gasteiger partial charge in [-0.1, -0.05) is 43.2 Å². The van der Waals surface area contributed by atoms with E-state index in [-0.39, 0.29) is 0 Å². The van der Waals surface area contributed by atoms with Crippen LogP contribution in [0.1, 0.15) is 37.2 Å². The van der Waals surface area contributed by atoms with Gasteiger partial charge in [-0.05, 0) is 36.2 Å². The van der Waals surface area contributed by atoms with E-state index < -0.39 is 0 Å². The van der Waals surface area contributed by atoms with E-state index in [4.69, 9.17) is 0 Å². The van der Waals surface area contributed by atoms with Crippen molar-refractivity contribution < 1.29 is 0 Å². The Morgan fingerprint density at radius 1 is 0.846 bits per heavy atom. The van der Waals surface area contributed by atoms with Gasteiger partial charge in [0.05, 0.1) is 0 Å². The molecule has 3 rings (SSSR count). The molecule has 0 nitrogen and oxygen atoms in total. The first-order valence-electron chi connectivity index (χ1n) is 5.52. The zero-order valence-corrected chi connectivity index (χ0v) is 7.95. The van der Waals surface area contributed by atoms with Crippen LogP contribution >= 0.6 is 0 Å². The van der Waals surface area contributed by atoms with E-state index in [1.54, 1.807) is 5.56 Å². The van der Waals surface area contributed by atoms with Gasteiger partial charge in [0.25, 0.3) is 0 Å². The normalized spacial score (nSPS) is 36.8. The van der Waals surface area contributed by atoms with Gasteiger partial charge in [-0.25, -0.2) is 0 Å². The van der Waals surface area contributed by atoms with Crippen molar-refractivity contribution >= 4 is 0 Å². The molecule has 13 heavy (non-hydrogen) atoms. The van der Waals surface area contributed by atoms with Crippen molar-refractivity contribution in [2.75, 3.05) is 0 Å². The van der Waals surface area contributed by atoms with Crippen molar-refractivity contribution in [3.8, 4) is 0 Å². The van der Waals surface area contributed by atoms with Gasteiger partial charge < -0.3 is 0 Å². The van der Waals surface area contributed by atoms with Gasteiger partial charge in [-0.15, -0.1) is 0 Å². The monoisotopic (exact) mass is 172 g/mol. The molecule has 2 fully saturated rings. The summed E-state index contributed by atoms with van der Waals surface area (Å²) >= 11 is 0. The van der Waals surface area contributed by atoms with Crippen LogP contribution in [0.15, 0.2) is 30.3 Å². The van der Waals surface area contributed by atoms with Gasteiger partial charge in [-0.2, -0.15) is 0 Å². The Hall–Kier alpha value is -0.780. The molecule has 1 aromatic rings. The van der Waals surface area contributed by atoms with E-state index in [0.717, 1.165) is 17.8 Å². The van der Waals surface area contributed by atoms with E-state index >= 15 is 0 Å². The maximum atomic E-state index is 2.31. The molecule has 1 aromatic carbocycles. The molecule has 68 valence electrons. The van der Waals surface area contributed by atoms with Crippen molar-refractivity contribution in [2.24, 2.45) is 11.8 Å². The third-order valence-electron chi connectivity index (χ3n) is 3.84. The Morgan fingerprint density at radius 2 is 1.46 bits per heavy atom. The lowest BCUT2D eigenvalue weighted by Crippen LogP contribution is -1.91. The smallest absolute Gasteiger partial charge is 0.00995 e. The summed E-state index contributed by atoms with van der Waals surface area (Å²) < 4.78 is 0. The summed E-state index contributed by atoms with van der Waals surface area (Å²) in [6.45, 7) is 0. The van der Waals surface area contributed by atoms with Crippen molar-refractivity contribution in [2.45, 2.75) is 31.6 Å². The van der Waals surface area contributed by atoms with Crippen LogP contribution in [0.2, 0.25) is 0 Å². The zero-order chi connectivity index (χ0) is 8.67. The summed E-state index contributed by atoms with van der Waals surface area (Å²) in [5.74, 6) is 3.04. The zero-order valence-electron chi connectivity index (χ0n) is 7.95. The second kappa shape index (κ2) is 2.87. The Morgan fingerprint density at radius 3 is 2.08 bits per heavy atom. The molecule has 0 amide bonds. The molecule has 0 aromatic heterocycles. The average molecular weight is 172 g/mol. The van der Waals surface area contributed by atoms with E-state index in [9.17, 15) is 0 Å². The fourth-order valence-electron chi connectivity index (χ4n) is 3.16. The minimum atomic E-state index is 0.934. The highest BCUT2D eigenvalue weighted by molar-refractivity contribution is 5.28. The maximum absolute atomic E-state index is 2.31. The van der Waals surface area contributed by atoms with E-state index in [2.05, 4.69) is 30.3 Å². The van der Waals surface area contributed by atoms with E-state index in [0.29, 0.717) is 0 Å². The highest BCUT2D eigenvalue weighted by Crippen LogP contribution is 2.61. The van der Waals surface area contributed by atoms with Gasteiger partial charge in [0.15, 0.2) is 0 Å². The molecule has 2 saturated carbocycles. The van der Waals surface area contributed by atoms with Crippen molar-refractivity contribution in [1.29, 1.82) is 0 Å². The molecule has 0 aliphatic heterocycles. The Kier molecular flexibility index (Phi) is 1.68. The molecule has 0 bridgehead atoms. The summed E-state index contributed by atoms with van der Waals surface area (Å²) in [5, 5.41) is 0. The van der Waals surface area contributed by atoms with E-state index in [1.165, 1.54) is 25.7 Å². The molecule has 0 spiro atoms. The van der Waals surface area contributed by atoms with Crippen LogP contribution in [0.25, 0.3) is 0 Å². The largest absolute Gasteiger partial charge is 0.0622 e. The summed E-state index contributed by atoms with van der Waals surface area (Å²) in [6, 6.07) is 11.1. The lowest BCUT2D eigenvalue weighted by Gasteiger charge is -2.04. The van der Waals surface area contributed by atoms with Crippen LogP contribution < -0.4 is 0 Å². The van der Waals surface area contributed by atoms with Crippen LogP contribution in [0.3, 0.4) is 0 Å². The Labute approximate surface area is 80.0 Å². The number of hydrogen-bond acceptors (Lipinski definition) is 0. The molecule has 2 unspecified atom stereocenters. The summed E-state index contributed by atoms with van der Waals surface area (Å²) in [6.07, 6.45) is 5.93. The summed E-state index contributed by atoms with van der Waals surface area (Å²) in [5.41, 5.74) is 1.60. The van der Waals surface area contributed by atoms with Crippen molar-refractivity contribution in [3.63, 3.8) is 0 Å². The summed E-state index contributed by atoms with van der Waals surface area (Å²) in [7, 11) is 0. The van der Waals surface area contributed by atoms with Crippen LogP contribution in [0.4, 0.5) is 0 Å². The van der Waals surface area contributed by atoms with Crippen molar-refractivity contribution in [3.05, 3.63) is 35.9 Å². The standard InChI is InChI=1S/C13H16/c1-2-6-10(7-3-1)13-11-8-4-5-9-12(11)13/h1-3,6-7,11-13H,4-5,8-9H2. The van der Waals surface area contributed by atoms with Gasteiger partial charge >= 0.3 is 0 Å². The molecular weight excluding hydrogens is 156 g/mol. The highest BCUT2D eigenvalue weighted by atomic mass is 14.5. The third-order valence-corrected chi connectivity index (χ3v) is 3.84. The summed E-state index contributed by atoms with van der Waals surface area (Å²) in [4.78, 5) is 0. The average Bonchev–Trinajstić information content (AvgIpc) is 2.93. The van der Waals surface area contributed by atoms with Gasteiger partial charge in [0.2, 0.25) is 0 Å². The van der Waals surface area contributed by atoms with Gasteiger partial charge in [-0.3, -0.25) is 0 Å².